The van der Waals surface area contributed by atoms with Gasteiger partial charge in [0.2, 0.25) is 0 Å². The van der Waals surface area contributed by atoms with Crippen LogP contribution in [0.2, 0.25) is 0 Å². The molecule has 126 valence electrons. The topological polar surface area (TPSA) is 102 Å². The first-order chi connectivity index (χ1) is 11.2. The summed E-state index contributed by atoms with van der Waals surface area (Å²) < 4.78 is 38.4. The lowest BCUT2D eigenvalue weighted by Crippen LogP contribution is -2.18. The van der Waals surface area contributed by atoms with Gasteiger partial charge in [-0.1, -0.05) is 22.0 Å². The molecule has 0 atom stereocenters. The van der Waals surface area contributed by atoms with Crippen LogP contribution in [0.15, 0.2) is 50.9 Å². The number of rotatable bonds is 5. The van der Waals surface area contributed by atoms with Crippen molar-refractivity contribution in [2.45, 2.75) is 11.8 Å². The van der Waals surface area contributed by atoms with Crippen LogP contribution in [0.5, 0.6) is 0 Å². The lowest BCUT2D eigenvalue weighted by molar-refractivity contribution is -0.385. The molecule has 0 unspecified atom stereocenters. The van der Waals surface area contributed by atoms with Crippen molar-refractivity contribution >= 4 is 37.9 Å². The molecule has 0 saturated heterocycles. The minimum atomic E-state index is -4.11. The molecule has 2 rings (SSSR count). The number of benzene rings is 2. The first kappa shape index (κ1) is 18.0. The van der Waals surface area contributed by atoms with Crippen LogP contribution < -0.4 is 4.83 Å². The Morgan fingerprint density at radius 3 is 2.67 bits per heavy atom. The first-order valence-electron chi connectivity index (χ1n) is 6.45. The Morgan fingerprint density at radius 2 is 2.00 bits per heavy atom. The Balaban J connectivity index is 2.26. The van der Waals surface area contributed by atoms with E-state index in [1.165, 1.54) is 37.3 Å². The quantitative estimate of drug-likeness (QED) is 0.460. The number of nitro groups is 1. The van der Waals surface area contributed by atoms with E-state index in [2.05, 4.69) is 21.0 Å². The predicted molar refractivity (Wildman–Crippen MR) is 89.8 cm³/mol. The molecule has 1 N–H and O–H groups in total. The Hall–Kier alpha value is -2.33. The number of aryl methyl sites for hydroxylation is 1. The smallest absolute Gasteiger partial charge is 0.258 e. The number of hydrogen-bond donors (Lipinski definition) is 1. The van der Waals surface area contributed by atoms with Gasteiger partial charge in [0.1, 0.15) is 5.82 Å². The van der Waals surface area contributed by atoms with Gasteiger partial charge in [0, 0.05) is 21.7 Å². The highest BCUT2D eigenvalue weighted by Crippen LogP contribution is 2.22. The lowest BCUT2D eigenvalue weighted by atomic mass is 10.2. The van der Waals surface area contributed by atoms with Crippen molar-refractivity contribution in [2.24, 2.45) is 5.10 Å². The minimum absolute atomic E-state index is 0.0713. The number of nitrogens with one attached hydrogen (secondary N) is 1. The SMILES string of the molecule is Cc1ccc(S(=O)(=O)N/N=C/c2cc(Br)ccc2F)cc1[N+](=O)[O-]. The van der Waals surface area contributed by atoms with Crippen molar-refractivity contribution in [1.82, 2.24) is 4.83 Å². The summed E-state index contributed by atoms with van der Waals surface area (Å²) in [6.07, 6.45) is 1.00. The Bertz CT molecular complexity index is 932. The van der Waals surface area contributed by atoms with E-state index in [0.29, 0.717) is 10.0 Å². The normalized spacial score (nSPS) is 11.6. The fourth-order valence-corrected chi connectivity index (χ4v) is 2.97. The van der Waals surface area contributed by atoms with E-state index >= 15 is 0 Å². The summed E-state index contributed by atoms with van der Waals surface area (Å²) >= 11 is 3.16. The zero-order valence-electron chi connectivity index (χ0n) is 12.2. The predicted octanol–water partition coefficient (Wildman–Crippen LogP) is 3.12. The summed E-state index contributed by atoms with van der Waals surface area (Å²) in [4.78, 5) is 11.8. The Labute approximate surface area is 145 Å². The molecule has 2 aromatic rings. The zero-order valence-corrected chi connectivity index (χ0v) is 14.6. The molecular formula is C14H11BrFN3O4S. The lowest BCUT2D eigenvalue weighted by Gasteiger charge is -2.04. The Morgan fingerprint density at radius 1 is 1.29 bits per heavy atom. The highest BCUT2D eigenvalue weighted by atomic mass is 79.9. The largest absolute Gasteiger partial charge is 0.276 e. The molecule has 0 aliphatic carbocycles. The van der Waals surface area contributed by atoms with Crippen LogP contribution in [-0.4, -0.2) is 19.6 Å². The van der Waals surface area contributed by atoms with Crippen LogP contribution in [0.1, 0.15) is 11.1 Å². The van der Waals surface area contributed by atoms with E-state index in [-0.39, 0.29) is 16.1 Å². The third kappa shape index (κ3) is 4.15. The second kappa shape index (κ2) is 7.05. The Kier molecular flexibility index (Phi) is 5.30. The molecule has 10 heteroatoms. The molecule has 0 heterocycles. The third-order valence-corrected chi connectivity index (χ3v) is 4.74. The van der Waals surface area contributed by atoms with Crippen molar-refractivity contribution < 1.29 is 17.7 Å². The van der Waals surface area contributed by atoms with Gasteiger partial charge in [-0.3, -0.25) is 10.1 Å². The van der Waals surface area contributed by atoms with Gasteiger partial charge < -0.3 is 0 Å². The van der Waals surface area contributed by atoms with E-state index in [4.69, 9.17) is 0 Å². The molecule has 24 heavy (non-hydrogen) atoms. The summed E-state index contributed by atoms with van der Waals surface area (Å²) in [6.45, 7) is 1.50. The molecule has 0 spiro atoms. The molecule has 0 aliphatic rings. The van der Waals surface area contributed by atoms with Crippen molar-refractivity contribution in [3.63, 3.8) is 0 Å². The maximum atomic E-state index is 13.5. The zero-order chi connectivity index (χ0) is 17.9. The van der Waals surface area contributed by atoms with Crippen molar-refractivity contribution in [3.05, 3.63) is 67.9 Å². The van der Waals surface area contributed by atoms with Gasteiger partial charge in [-0.2, -0.15) is 13.5 Å². The van der Waals surface area contributed by atoms with E-state index < -0.39 is 20.8 Å². The summed E-state index contributed by atoms with van der Waals surface area (Å²) in [5.41, 5.74) is 0.0838. The summed E-state index contributed by atoms with van der Waals surface area (Å²) in [6, 6.07) is 7.59. The number of nitrogens with zero attached hydrogens (tertiary/aromatic N) is 2. The molecule has 7 nitrogen and oxygen atoms in total. The molecule has 0 aromatic heterocycles. The fourth-order valence-electron chi connectivity index (χ4n) is 1.78. The monoisotopic (exact) mass is 415 g/mol. The van der Waals surface area contributed by atoms with Crippen LogP contribution in [-0.2, 0) is 10.0 Å². The van der Waals surface area contributed by atoms with Crippen LogP contribution in [0.4, 0.5) is 10.1 Å². The van der Waals surface area contributed by atoms with Gasteiger partial charge in [-0.25, -0.2) is 9.22 Å². The second-order valence-electron chi connectivity index (χ2n) is 4.72. The minimum Gasteiger partial charge on any atom is -0.258 e. The fraction of sp³-hybridized carbons (Fsp3) is 0.0714. The number of hydrogen-bond acceptors (Lipinski definition) is 5. The van der Waals surface area contributed by atoms with Crippen molar-refractivity contribution in [3.8, 4) is 0 Å². The second-order valence-corrected chi connectivity index (χ2v) is 7.30. The van der Waals surface area contributed by atoms with Crippen LogP contribution in [0, 0.1) is 22.9 Å². The van der Waals surface area contributed by atoms with E-state index in [1.807, 2.05) is 4.83 Å². The van der Waals surface area contributed by atoms with Gasteiger partial charge in [0.05, 0.1) is 16.0 Å². The van der Waals surface area contributed by atoms with Crippen molar-refractivity contribution in [2.75, 3.05) is 0 Å². The van der Waals surface area contributed by atoms with Crippen LogP contribution in [0.3, 0.4) is 0 Å². The first-order valence-corrected chi connectivity index (χ1v) is 8.73. The van der Waals surface area contributed by atoms with Gasteiger partial charge in [-0.05, 0) is 31.2 Å². The number of hydrazone groups is 1. The van der Waals surface area contributed by atoms with Crippen molar-refractivity contribution in [1.29, 1.82) is 0 Å². The molecular weight excluding hydrogens is 405 g/mol. The van der Waals surface area contributed by atoms with Gasteiger partial charge in [0.15, 0.2) is 0 Å². The number of sulfonamides is 1. The summed E-state index contributed by atoms with van der Waals surface area (Å²) in [5, 5.41) is 14.4. The average Bonchev–Trinajstić information content (AvgIpc) is 2.50. The van der Waals surface area contributed by atoms with Gasteiger partial charge in [-0.15, -0.1) is 0 Å². The third-order valence-electron chi connectivity index (χ3n) is 3.02. The van der Waals surface area contributed by atoms with Gasteiger partial charge in [0.25, 0.3) is 15.7 Å². The number of halogens is 2. The summed E-state index contributed by atoms with van der Waals surface area (Å²) in [5.74, 6) is -0.577. The maximum absolute atomic E-state index is 13.5. The molecule has 0 radical (unpaired) electrons. The van der Waals surface area contributed by atoms with Gasteiger partial charge >= 0.3 is 0 Å². The molecule has 0 amide bonds. The molecule has 0 fully saturated rings. The van der Waals surface area contributed by atoms with Crippen LogP contribution in [0.25, 0.3) is 0 Å². The molecule has 0 bridgehead atoms. The van der Waals surface area contributed by atoms with E-state index in [9.17, 15) is 22.9 Å². The highest BCUT2D eigenvalue weighted by molar-refractivity contribution is 9.10. The van der Waals surface area contributed by atoms with Crippen LogP contribution >= 0.6 is 15.9 Å². The molecule has 2 aromatic carbocycles. The molecule has 0 saturated carbocycles. The highest BCUT2D eigenvalue weighted by Gasteiger charge is 2.19. The standard InChI is InChI=1S/C14H11BrFN3O4S/c1-9-2-4-12(7-14(9)19(20)21)24(22,23)18-17-8-10-6-11(15)3-5-13(10)16/h2-8,18H,1H3/b17-8+. The summed E-state index contributed by atoms with van der Waals surface area (Å²) in [7, 11) is -4.11. The van der Waals surface area contributed by atoms with E-state index in [1.54, 1.807) is 0 Å². The van der Waals surface area contributed by atoms with E-state index in [0.717, 1.165) is 12.3 Å². The number of nitro benzene ring substituents is 1. The maximum Gasteiger partial charge on any atom is 0.276 e. The average molecular weight is 416 g/mol. The molecule has 0 aliphatic heterocycles.